The van der Waals surface area contributed by atoms with E-state index >= 15 is 0 Å². The smallest absolute Gasteiger partial charge is 0.254 e. The molecule has 1 aromatic rings. The van der Waals surface area contributed by atoms with Gasteiger partial charge in [0.2, 0.25) is 0 Å². The van der Waals surface area contributed by atoms with Gasteiger partial charge in [-0.3, -0.25) is 4.79 Å². The number of rotatable bonds is 2. The van der Waals surface area contributed by atoms with Crippen LogP contribution in [-0.4, -0.2) is 54.9 Å². The largest absolute Gasteiger partial charge is 0.394 e. The van der Waals surface area contributed by atoms with E-state index in [4.69, 9.17) is 9.84 Å². The average molecular weight is 276 g/mol. The molecule has 1 saturated heterocycles. The summed E-state index contributed by atoms with van der Waals surface area (Å²) < 4.78 is 5.38. The molecule has 5 nitrogen and oxygen atoms in total. The van der Waals surface area contributed by atoms with Crippen LogP contribution in [-0.2, 0) is 17.7 Å². The summed E-state index contributed by atoms with van der Waals surface area (Å²) in [6.07, 6.45) is 0.764. The summed E-state index contributed by atoms with van der Waals surface area (Å²) in [6, 6.07) is 5.97. The summed E-state index contributed by atoms with van der Waals surface area (Å²) >= 11 is 0. The van der Waals surface area contributed by atoms with E-state index in [1.165, 1.54) is 11.1 Å². The Bertz CT molecular complexity index is 504. The van der Waals surface area contributed by atoms with Crippen molar-refractivity contribution >= 4 is 5.91 Å². The van der Waals surface area contributed by atoms with Crippen molar-refractivity contribution in [1.82, 2.24) is 10.2 Å². The van der Waals surface area contributed by atoms with Crippen molar-refractivity contribution in [3.63, 3.8) is 0 Å². The van der Waals surface area contributed by atoms with Crippen LogP contribution in [0.1, 0.15) is 21.5 Å². The number of fused-ring (bicyclic) bond motifs is 1. The van der Waals surface area contributed by atoms with Crippen molar-refractivity contribution in [3.05, 3.63) is 34.9 Å². The number of ether oxygens (including phenoxy) is 1. The minimum absolute atomic E-state index is 0.0279. The van der Waals surface area contributed by atoms with Crippen LogP contribution in [0.15, 0.2) is 18.2 Å². The Labute approximate surface area is 118 Å². The number of morpholine rings is 1. The van der Waals surface area contributed by atoms with Gasteiger partial charge in [-0.1, -0.05) is 6.07 Å². The van der Waals surface area contributed by atoms with E-state index < -0.39 is 0 Å². The molecule has 1 amide bonds. The number of benzene rings is 1. The molecule has 5 heteroatoms. The molecule has 20 heavy (non-hydrogen) atoms. The fourth-order valence-electron chi connectivity index (χ4n) is 2.81. The SMILES string of the molecule is O=C(c1ccc2c(c1)CNCC2)N1CCOC(CO)C1. The molecular weight excluding hydrogens is 256 g/mol. The number of hydrogen-bond acceptors (Lipinski definition) is 4. The van der Waals surface area contributed by atoms with E-state index in [0.717, 1.165) is 25.1 Å². The summed E-state index contributed by atoms with van der Waals surface area (Å²) in [5.41, 5.74) is 3.27. The quantitative estimate of drug-likeness (QED) is 0.808. The zero-order chi connectivity index (χ0) is 13.9. The molecule has 1 atom stereocenters. The Morgan fingerprint density at radius 3 is 3.20 bits per heavy atom. The maximum Gasteiger partial charge on any atom is 0.254 e. The second-order valence-corrected chi connectivity index (χ2v) is 5.34. The zero-order valence-corrected chi connectivity index (χ0v) is 11.5. The van der Waals surface area contributed by atoms with Crippen LogP contribution in [0.2, 0.25) is 0 Å². The molecule has 2 aliphatic rings. The molecule has 2 heterocycles. The molecule has 2 N–H and O–H groups in total. The van der Waals surface area contributed by atoms with E-state index in [1.807, 2.05) is 12.1 Å². The van der Waals surface area contributed by atoms with E-state index in [9.17, 15) is 4.79 Å². The third-order valence-corrected chi connectivity index (χ3v) is 3.97. The summed E-state index contributed by atoms with van der Waals surface area (Å²) in [7, 11) is 0. The lowest BCUT2D eigenvalue weighted by Gasteiger charge is -2.32. The second kappa shape index (κ2) is 5.91. The minimum atomic E-state index is -0.257. The highest BCUT2D eigenvalue weighted by molar-refractivity contribution is 5.94. The third kappa shape index (κ3) is 2.70. The van der Waals surface area contributed by atoms with Gasteiger partial charge in [0.25, 0.3) is 5.91 Å². The average Bonchev–Trinajstić information content (AvgIpc) is 2.53. The Morgan fingerprint density at radius 2 is 2.35 bits per heavy atom. The van der Waals surface area contributed by atoms with Gasteiger partial charge < -0.3 is 20.1 Å². The van der Waals surface area contributed by atoms with Gasteiger partial charge in [0, 0.05) is 25.2 Å². The third-order valence-electron chi connectivity index (χ3n) is 3.97. The minimum Gasteiger partial charge on any atom is -0.394 e. The molecule has 1 aromatic carbocycles. The van der Waals surface area contributed by atoms with Gasteiger partial charge in [0.15, 0.2) is 0 Å². The van der Waals surface area contributed by atoms with Crippen molar-refractivity contribution in [1.29, 1.82) is 0 Å². The highest BCUT2D eigenvalue weighted by atomic mass is 16.5. The molecule has 0 saturated carbocycles. The summed E-state index contributed by atoms with van der Waals surface area (Å²) in [4.78, 5) is 14.3. The monoisotopic (exact) mass is 276 g/mol. The van der Waals surface area contributed by atoms with Gasteiger partial charge in [0.05, 0.1) is 19.3 Å². The fourth-order valence-corrected chi connectivity index (χ4v) is 2.81. The van der Waals surface area contributed by atoms with E-state index in [-0.39, 0.29) is 18.6 Å². The first kappa shape index (κ1) is 13.5. The number of carbonyl (C=O) groups excluding carboxylic acids is 1. The fraction of sp³-hybridized carbons (Fsp3) is 0.533. The second-order valence-electron chi connectivity index (χ2n) is 5.34. The Morgan fingerprint density at radius 1 is 1.45 bits per heavy atom. The molecule has 0 aromatic heterocycles. The maximum atomic E-state index is 12.5. The van der Waals surface area contributed by atoms with Crippen LogP contribution in [0.5, 0.6) is 0 Å². The first-order chi connectivity index (χ1) is 9.78. The van der Waals surface area contributed by atoms with Gasteiger partial charge >= 0.3 is 0 Å². The van der Waals surface area contributed by atoms with Crippen molar-refractivity contribution in [2.45, 2.75) is 19.1 Å². The lowest BCUT2D eigenvalue weighted by atomic mass is 9.98. The number of nitrogens with zero attached hydrogens (tertiary/aromatic N) is 1. The summed E-state index contributed by atoms with van der Waals surface area (Å²) in [6.45, 7) is 3.33. The highest BCUT2D eigenvalue weighted by Gasteiger charge is 2.25. The number of amides is 1. The normalized spacial score (nSPS) is 22.4. The van der Waals surface area contributed by atoms with E-state index in [1.54, 1.807) is 4.90 Å². The first-order valence-electron chi connectivity index (χ1n) is 7.12. The summed E-state index contributed by atoms with van der Waals surface area (Å²) in [5.74, 6) is 0.0279. The zero-order valence-electron chi connectivity index (χ0n) is 11.5. The Balaban J connectivity index is 1.76. The molecule has 1 fully saturated rings. The van der Waals surface area contributed by atoms with Crippen molar-refractivity contribution in [2.24, 2.45) is 0 Å². The predicted octanol–water partition coefficient (Wildman–Crippen LogP) is 0.166. The number of carbonyl (C=O) groups is 1. The van der Waals surface area contributed by atoms with Crippen molar-refractivity contribution in [2.75, 3.05) is 32.8 Å². The van der Waals surface area contributed by atoms with Crippen molar-refractivity contribution < 1.29 is 14.6 Å². The summed E-state index contributed by atoms with van der Waals surface area (Å²) in [5, 5.41) is 12.5. The van der Waals surface area contributed by atoms with E-state index in [2.05, 4.69) is 11.4 Å². The standard InChI is InChI=1S/C15H20N2O3/c18-10-14-9-17(5-6-20-14)15(19)12-2-1-11-3-4-16-8-13(11)7-12/h1-2,7,14,16,18H,3-6,8-10H2. The molecule has 0 bridgehead atoms. The van der Waals surface area contributed by atoms with Crippen LogP contribution < -0.4 is 5.32 Å². The van der Waals surface area contributed by atoms with Crippen LogP contribution in [0.3, 0.4) is 0 Å². The Hall–Kier alpha value is -1.43. The number of aliphatic hydroxyl groups is 1. The first-order valence-corrected chi connectivity index (χ1v) is 7.12. The Kier molecular flexibility index (Phi) is 4.00. The number of aliphatic hydroxyl groups excluding tert-OH is 1. The molecule has 108 valence electrons. The van der Waals surface area contributed by atoms with Crippen LogP contribution in [0.25, 0.3) is 0 Å². The van der Waals surface area contributed by atoms with Gasteiger partial charge in [-0.15, -0.1) is 0 Å². The topological polar surface area (TPSA) is 61.8 Å². The molecule has 0 spiro atoms. The lowest BCUT2D eigenvalue weighted by Crippen LogP contribution is -2.46. The highest BCUT2D eigenvalue weighted by Crippen LogP contribution is 2.18. The van der Waals surface area contributed by atoms with Crippen LogP contribution in [0.4, 0.5) is 0 Å². The molecule has 0 radical (unpaired) electrons. The van der Waals surface area contributed by atoms with Gasteiger partial charge in [-0.25, -0.2) is 0 Å². The maximum absolute atomic E-state index is 12.5. The number of nitrogens with one attached hydrogen (secondary N) is 1. The van der Waals surface area contributed by atoms with Gasteiger partial charge in [-0.2, -0.15) is 0 Å². The molecule has 0 aliphatic carbocycles. The van der Waals surface area contributed by atoms with E-state index in [0.29, 0.717) is 19.7 Å². The van der Waals surface area contributed by atoms with Crippen LogP contribution in [0, 0.1) is 0 Å². The lowest BCUT2D eigenvalue weighted by molar-refractivity contribution is -0.0447. The van der Waals surface area contributed by atoms with Gasteiger partial charge in [-0.05, 0) is 36.2 Å². The molecular formula is C15H20N2O3. The molecule has 3 rings (SSSR count). The van der Waals surface area contributed by atoms with Crippen LogP contribution >= 0.6 is 0 Å². The van der Waals surface area contributed by atoms with Gasteiger partial charge in [0.1, 0.15) is 0 Å². The molecule has 1 unspecified atom stereocenters. The van der Waals surface area contributed by atoms with Crippen molar-refractivity contribution in [3.8, 4) is 0 Å². The predicted molar refractivity (Wildman–Crippen MR) is 74.6 cm³/mol. The number of hydrogen-bond donors (Lipinski definition) is 2. The molecule has 2 aliphatic heterocycles.